The van der Waals surface area contributed by atoms with Crippen molar-refractivity contribution >= 4 is 38.5 Å². The maximum atomic E-state index is 12.7. The van der Waals surface area contributed by atoms with Crippen molar-refractivity contribution in [1.29, 1.82) is 0 Å². The number of aromatic nitrogens is 1. The van der Waals surface area contributed by atoms with Crippen LogP contribution in [0, 0.1) is 16.6 Å². The Hall–Kier alpha value is 0.344. The average Bonchev–Trinajstić information content (AvgIpc) is 2.36. The second kappa shape index (κ2) is 8.27. The Morgan fingerprint density at radius 1 is 1.43 bits per heavy atom. The third kappa shape index (κ3) is 4.66. The van der Waals surface area contributed by atoms with Crippen molar-refractivity contribution in [1.82, 2.24) is 4.57 Å². The SMILES string of the molecule is Cc1cc(Br)ccc1-c1[c-]cc(I)c(=O)n1CC(F)F.[Y]. The van der Waals surface area contributed by atoms with Gasteiger partial charge in [-0.25, -0.2) is 8.78 Å². The van der Waals surface area contributed by atoms with Gasteiger partial charge in [0.15, 0.2) is 0 Å². The summed E-state index contributed by atoms with van der Waals surface area (Å²) in [6.07, 6.45) is -2.59. The van der Waals surface area contributed by atoms with Gasteiger partial charge in [0.25, 0.3) is 6.43 Å². The first-order chi connectivity index (χ1) is 9.40. The first-order valence-electron chi connectivity index (χ1n) is 5.76. The van der Waals surface area contributed by atoms with Crippen LogP contribution in [0.15, 0.2) is 33.5 Å². The molecule has 0 saturated carbocycles. The monoisotopic (exact) mass is 541 g/mol. The number of pyridine rings is 1. The molecular weight excluding hydrogens is 532 g/mol. The second-order valence-corrected chi connectivity index (χ2v) is 6.33. The number of hydrogen-bond acceptors (Lipinski definition) is 1. The molecule has 2 aromatic rings. The summed E-state index contributed by atoms with van der Waals surface area (Å²) in [5.41, 5.74) is 1.59. The van der Waals surface area contributed by atoms with Crippen LogP contribution < -0.4 is 5.56 Å². The van der Waals surface area contributed by atoms with Crippen molar-refractivity contribution in [3.05, 3.63) is 54.3 Å². The summed E-state index contributed by atoms with van der Waals surface area (Å²) < 4.78 is 27.8. The van der Waals surface area contributed by atoms with Gasteiger partial charge >= 0.3 is 0 Å². The van der Waals surface area contributed by atoms with E-state index in [1.54, 1.807) is 6.07 Å². The zero-order valence-corrected chi connectivity index (χ0v) is 17.6. The second-order valence-electron chi connectivity index (χ2n) is 4.25. The van der Waals surface area contributed by atoms with Crippen LogP contribution in [0.1, 0.15) is 5.56 Å². The Balaban J connectivity index is 0.00000220. The number of hydrogen-bond donors (Lipinski definition) is 0. The van der Waals surface area contributed by atoms with Crippen LogP contribution in [0.25, 0.3) is 11.3 Å². The van der Waals surface area contributed by atoms with E-state index in [2.05, 4.69) is 22.0 Å². The van der Waals surface area contributed by atoms with Gasteiger partial charge in [0.2, 0.25) is 5.56 Å². The molecule has 0 bridgehead atoms. The fourth-order valence-corrected chi connectivity index (χ4v) is 2.85. The molecular formula is C14H10BrF2INOY-. The van der Waals surface area contributed by atoms with E-state index in [9.17, 15) is 13.6 Å². The topological polar surface area (TPSA) is 22.0 Å². The van der Waals surface area contributed by atoms with E-state index < -0.39 is 18.5 Å². The van der Waals surface area contributed by atoms with Crippen molar-refractivity contribution in [2.24, 2.45) is 0 Å². The van der Waals surface area contributed by atoms with Crippen LogP contribution in [-0.4, -0.2) is 11.0 Å². The molecule has 21 heavy (non-hydrogen) atoms. The minimum absolute atomic E-state index is 0. The first kappa shape index (κ1) is 19.4. The molecule has 0 aliphatic rings. The first-order valence-corrected chi connectivity index (χ1v) is 7.63. The van der Waals surface area contributed by atoms with E-state index in [1.165, 1.54) is 6.07 Å². The van der Waals surface area contributed by atoms with Crippen molar-refractivity contribution in [2.45, 2.75) is 19.9 Å². The molecule has 0 fully saturated rings. The summed E-state index contributed by atoms with van der Waals surface area (Å²) in [5.74, 6) is 0. The van der Waals surface area contributed by atoms with Crippen molar-refractivity contribution in [3.63, 3.8) is 0 Å². The maximum Gasteiger partial charge on any atom is 0.256 e. The third-order valence-corrected chi connectivity index (χ3v) is 4.09. The smallest absolute Gasteiger partial charge is 0.256 e. The number of halogens is 4. The van der Waals surface area contributed by atoms with Gasteiger partial charge in [-0.1, -0.05) is 51.8 Å². The van der Waals surface area contributed by atoms with Gasteiger partial charge in [-0.05, 0) is 3.57 Å². The Morgan fingerprint density at radius 2 is 2.10 bits per heavy atom. The summed E-state index contributed by atoms with van der Waals surface area (Å²) in [7, 11) is 0. The molecule has 7 heteroatoms. The predicted octanol–water partition coefficient (Wildman–Crippen LogP) is 4.25. The summed E-state index contributed by atoms with van der Waals surface area (Å²) in [5, 5.41) is 0. The predicted molar refractivity (Wildman–Crippen MR) is 86.1 cm³/mol. The van der Waals surface area contributed by atoms with Crippen LogP contribution in [0.4, 0.5) is 8.78 Å². The minimum atomic E-state index is -2.59. The molecule has 0 aliphatic carbocycles. The van der Waals surface area contributed by atoms with Crippen LogP contribution in [0.5, 0.6) is 0 Å². The van der Waals surface area contributed by atoms with E-state index in [0.29, 0.717) is 9.26 Å². The fraction of sp³-hybridized carbons (Fsp3) is 0.214. The maximum absolute atomic E-state index is 12.7. The number of rotatable bonds is 3. The van der Waals surface area contributed by atoms with E-state index in [1.807, 2.05) is 41.6 Å². The van der Waals surface area contributed by atoms with Crippen LogP contribution in [-0.2, 0) is 39.3 Å². The summed E-state index contributed by atoms with van der Waals surface area (Å²) >= 11 is 5.18. The number of benzene rings is 1. The Labute approximate surface area is 168 Å². The largest absolute Gasteiger partial charge is 0.336 e. The molecule has 0 atom stereocenters. The van der Waals surface area contributed by atoms with Gasteiger partial charge in [0.1, 0.15) is 0 Å². The van der Waals surface area contributed by atoms with E-state index >= 15 is 0 Å². The zero-order chi connectivity index (χ0) is 14.9. The molecule has 0 N–H and O–H groups in total. The van der Waals surface area contributed by atoms with Crippen LogP contribution >= 0.6 is 38.5 Å². The Morgan fingerprint density at radius 3 is 2.67 bits per heavy atom. The van der Waals surface area contributed by atoms with E-state index in [4.69, 9.17) is 0 Å². The van der Waals surface area contributed by atoms with Crippen molar-refractivity contribution in [2.75, 3.05) is 0 Å². The summed E-state index contributed by atoms with van der Waals surface area (Å²) in [6.45, 7) is 1.24. The number of nitrogens with zero attached hydrogens (tertiary/aromatic N) is 1. The van der Waals surface area contributed by atoms with Gasteiger partial charge < -0.3 is 4.57 Å². The average molecular weight is 542 g/mol. The summed E-state index contributed by atoms with van der Waals surface area (Å²) in [4.78, 5) is 12.1. The molecule has 0 aliphatic heterocycles. The van der Waals surface area contributed by atoms with Crippen molar-refractivity contribution < 1.29 is 41.5 Å². The third-order valence-electron chi connectivity index (χ3n) is 2.82. The Kier molecular flexibility index (Phi) is 7.63. The molecule has 0 saturated heterocycles. The molecule has 2 nitrogen and oxygen atoms in total. The molecule has 0 amide bonds. The van der Waals surface area contributed by atoms with Crippen LogP contribution in [0.3, 0.4) is 0 Å². The van der Waals surface area contributed by atoms with E-state index in [-0.39, 0.29) is 32.7 Å². The zero-order valence-electron chi connectivity index (χ0n) is 11.0. The quantitative estimate of drug-likeness (QED) is 0.421. The molecule has 0 unspecified atom stereocenters. The van der Waals surface area contributed by atoms with E-state index in [0.717, 1.165) is 20.2 Å². The van der Waals surface area contributed by atoms with Gasteiger partial charge in [0, 0.05) is 37.2 Å². The van der Waals surface area contributed by atoms with Gasteiger partial charge in [-0.2, -0.15) is 12.1 Å². The fourth-order valence-electron chi connectivity index (χ4n) is 1.93. The van der Waals surface area contributed by atoms with Crippen LogP contribution in [0.2, 0.25) is 0 Å². The van der Waals surface area contributed by atoms with Gasteiger partial charge in [0.05, 0.1) is 6.54 Å². The standard InChI is InChI=1S/C14H10BrF2INO.Y/c1-8-6-9(15)2-3-10(8)12-5-4-11(18)14(20)19(12)7-13(16)17;/h2-4,6,13H,7H2,1H3;/q-1;. The Bertz CT molecular complexity index is 706. The van der Waals surface area contributed by atoms with Crippen molar-refractivity contribution in [3.8, 4) is 11.3 Å². The molecule has 2 rings (SSSR count). The molecule has 1 radical (unpaired) electrons. The number of alkyl halides is 2. The molecule has 1 aromatic carbocycles. The molecule has 1 aromatic heterocycles. The van der Waals surface area contributed by atoms with Gasteiger partial charge in [-0.15, -0.1) is 28.7 Å². The molecule has 0 spiro atoms. The summed E-state index contributed by atoms with van der Waals surface area (Å²) in [6, 6.07) is 9.94. The normalized spacial score (nSPS) is 10.6. The van der Waals surface area contributed by atoms with Gasteiger partial charge in [-0.3, -0.25) is 4.79 Å². The minimum Gasteiger partial charge on any atom is -0.336 e. The molecule has 109 valence electrons. The number of aryl methyl sites for hydroxylation is 1. The molecule has 1 heterocycles.